The summed E-state index contributed by atoms with van der Waals surface area (Å²) < 4.78 is 0. The number of hydroxylamine groups is 1. The first-order valence-electron chi connectivity index (χ1n) is 3.54. The molecule has 0 rings (SSSR count). The number of rotatable bonds is 6. The summed E-state index contributed by atoms with van der Waals surface area (Å²) in [6, 6.07) is 0. The van der Waals surface area contributed by atoms with Crippen LogP contribution in [0.1, 0.15) is 0 Å². The third-order valence-corrected chi connectivity index (χ3v) is 1.21. The van der Waals surface area contributed by atoms with Crippen molar-refractivity contribution < 1.29 is 29.8 Å². The maximum atomic E-state index is 10.6. The highest BCUT2D eigenvalue weighted by Gasteiger charge is 2.16. The van der Waals surface area contributed by atoms with Crippen molar-refractivity contribution in [3.63, 3.8) is 0 Å². The van der Waals surface area contributed by atoms with Crippen LogP contribution in [0.3, 0.4) is 0 Å². The van der Waals surface area contributed by atoms with E-state index < -0.39 is 37.5 Å². The van der Waals surface area contributed by atoms with Crippen molar-refractivity contribution in [1.29, 1.82) is 0 Å². The summed E-state index contributed by atoms with van der Waals surface area (Å²) in [5.41, 5.74) is 1.28. The molecule has 0 spiro atoms. The highest BCUT2D eigenvalue weighted by molar-refractivity contribution is 5.79. The lowest BCUT2D eigenvalue weighted by Crippen LogP contribution is -2.41. The Morgan fingerprint density at radius 1 is 1.00 bits per heavy atom. The predicted octanol–water partition coefficient (Wildman–Crippen LogP) is -2.04. The molecule has 0 aromatic carbocycles. The van der Waals surface area contributed by atoms with E-state index in [4.69, 9.17) is 15.4 Å². The van der Waals surface area contributed by atoms with Crippen LogP contribution in [0.2, 0.25) is 0 Å². The first-order valence-corrected chi connectivity index (χ1v) is 3.54. The second-order valence-corrected chi connectivity index (χ2v) is 2.47. The van der Waals surface area contributed by atoms with Crippen LogP contribution in [0.4, 0.5) is 0 Å². The molecular formula is C6H10N2O6. The monoisotopic (exact) mass is 206 g/mol. The molecule has 0 aliphatic carbocycles. The molecule has 0 saturated heterocycles. The van der Waals surface area contributed by atoms with Crippen LogP contribution < -0.4 is 5.48 Å². The molecule has 0 aliphatic heterocycles. The van der Waals surface area contributed by atoms with Gasteiger partial charge in [0.05, 0.1) is 19.6 Å². The van der Waals surface area contributed by atoms with Gasteiger partial charge in [-0.05, 0) is 0 Å². The largest absolute Gasteiger partial charge is 0.480 e. The summed E-state index contributed by atoms with van der Waals surface area (Å²) >= 11 is 0. The molecule has 14 heavy (non-hydrogen) atoms. The minimum absolute atomic E-state index is 0.491. The molecular weight excluding hydrogens is 196 g/mol. The van der Waals surface area contributed by atoms with Gasteiger partial charge < -0.3 is 10.2 Å². The number of aliphatic carboxylic acids is 2. The van der Waals surface area contributed by atoms with E-state index in [-0.39, 0.29) is 0 Å². The smallest absolute Gasteiger partial charge is 0.317 e. The lowest BCUT2D eigenvalue weighted by atomic mass is 10.4. The Morgan fingerprint density at radius 2 is 1.43 bits per heavy atom. The van der Waals surface area contributed by atoms with Crippen LogP contribution in [-0.4, -0.2) is 57.8 Å². The highest BCUT2D eigenvalue weighted by Crippen LogP contribution is 1.87. The van der Waals surface area contributed by atoms with E-state index in [1.165, 1.54) is 5.48 Å². The van der Waals surface area contributed by atoms with E-state index in [0.717, 1.165) is 4.90 Å². The van der Waals surface area contributed by atoms with Gasteiger partial charge in [0.25, 0.3) is 5.91 Å². The summed E-state index contributed by atoms with van der Waals surface area (Å²) in [7, 11) is 0. The molecule has 0 radical (unpaired) electrons. The Kier molecular flexibility index (Phi) is 5.19. The number of carboxylic acids is 2. The second-order valence-electron chi connectivity index (χ2n) is 2.47. The summed E-state index contributed by atoms with van der Waals surface area (Å²) in [5, 5.41) is 24.8. The number of hydrogen-bond donors (Lipinski definition) is 4. The van der Waals surface area contributed by atoms with E-state index in [2.05, 4.69) is 0 Å². The fraction of sp³-hybridized carbons (Fsp3) is 0.500. The van der Waals surface area contributed by atoms with Crippen molar-refractivity contribution in [1.82, 2.24) is 10.4 Å². The Labute approximate surface area is 78.7 Å². The molecule has 0 atom stereocenters. The zero-order valence-electron chi connectivity index (χ0n) is 7.13. The van der Waals surface area contributed by atoms with E-state index in [0.29, 0.717) is 0 Å². The zero-order valence-corrected chi connectivity index (χ0v) is 7.13. The van der Waals surface area contributed by atoms with Gasteiger partial charge in [0.2, 0.25) is 0 Å². The van der Waals surface area contributed by atoms with Crippen molar-refractivity contribution >= 4 is 17.8 Å². The Hall–Kier alpha value is -1.67. The minimum atomic E-state index is -1.25. The fourth-order valence-electron chi connectivity index (χ4n) is 0.789. The van der Waals surface area contributed by atoms with E-state index in [1.54, 1.807) is 0 Å². The number of amides is 1. The maximum absolute atomic E-state index is 10.6. The predicted molar refractivity (Wildman–Crippen MR) is 41.6 cm³/mol. The van der Waals surface area contributed by atoms with Crippen LogP contribution in [0, 0.1) is 0 Å². The standard InChI is InChI=1S/C6H10N2O6/c9-4(7-14)1-8(2-5(10)11)3-6(12)13/h14H,1-3H2,(H,7,9)(H,10,11)(H,12,13). The van der Waals surface area contributed by atoms with Gasteiger partial charge >= 0.3 is 11.9 Å². The average Bonchev–Trinajstić information content (AvgIpc) is 2.01. The molecule has 0 bridgehead atoms. The van der Waals surface area contributed by atoms with Gasteiger partial charge in [-0.25, -0.2) is 5.48 Å². The highest BCUT2D eigenvalue weighted by atomic mass is 16.5. The summed E-state index contributed by atoms with van der Waals surface area (Å²) in [4.78, 5) is 31.9. The molecule has 0 heterocycles. The molecule has 8 heteroatoms. The Bertz CT molecular complexity index is 224. The molecule has 0 aromatic heterocycles. The molecule has 0 aliphatic rings. The van der Waals surface area contributed by atoms with E-state index >= 15 is 0 Å². The van der Waals surface area contributed by atoms with Crippen molar-refractivity contribution in [2.75, 3.05) is 19.6 Å². The van der Waals surface area contributed by atoms with Crippen molar-refractivity contribution in [3.05, 3.63) is 0 Å². The number of nitrogens with zero attached hydrogens (tertiary/aromatic N) is 1. The number of carbonyl (C=O) groups excluding carboxylic acids is 1. The topological polar surface area (TPSA) is 127 Å². The van der Waals surface area contributed by atoms with Crippen LogP contribution >= 0.6 is 0 Å². The summed E-state index contributed by atoms with van der Waals surface area (Å²) in [6.07, 6.45) is 0. The Balaban J connectivity index is 4.16. The van der Waals surface area contributed by atoms with Crippen LogP contribution in [0.5, 0.6) is 0 Å². The lowest BCUT2D eigenvalue weighted by Gasteiger charge is -2.15. The van der Waals surface area contributed by atoms with Gasteiger partial charge in [-0.2, -0.15) is 0 Å². The number of hydrogen-bond acceptors (Lipinski definition) is 5. The maximum Gasteiger partial charge on any atom is 0.317 e. The molecule has 0 fully saturated rings. The second kappa shape index (κ2) is 5.89. The first-order chi connectivity index (χ1) is 6.45. The number of nitrogens with one attached hydrogen (secondary N) is 1. The van der Waals surface area contributed by atoms with Crippen LogP contribution in [0.25, 0.3) is 0 Å². The average molecular weight is 206 g/mol. The lowest BCUT2D eigenvalue weighted by molar-refractivity contribution is -0.143. The van der Waals surface area contributed by atoms with Gasteiger partial charge in [0.15, 0.2) is 0 Å². The minimum Gasteiger partial charge on any atom is -0.480 e. The Morgan fingerprint density at radius 3 is 1.71 bits per heavy atom. The molecule has 80 valence electrons. The summed E-state index contributed by atoms with van der Waals surface area (Å²) in [5.74, 6) is -3.37. The first kappa shape index (κ1) is 12.3. The quantitative estimate of drug-likeness (QED) is 0.291. The summed E-state index contributed by atoms with van der Waals surface area (Å²) in [6.45, 7) is -1.66. The van der Waals surface area contributed by atoms with Crippen LogP contribution in [0.15, 0.2) is 0 Å². The molecule has 0 unspecified atom stereocenters. The molecule has 8 nitrogen and oxygen atoms in total. The molecule has 1 amide bonds. The number of carboxylic acid groups (broad SMARTS) is 2. The van der Waals surface area contributed by atoms with Gasteiger partial charge in [0.1, 0.15) is 0 Å². The van der Waals surface area contributed by atoms with Gasteiger partial charge in [-0.15, -0.1) is 0 Å². The SMILES string of the molecule is O=C(O)CN(CC(=O)O)CC(=O)NO. The van der Waals surface area contributed by atoms with Crippen molar-refractivity contribution in [2.45, 2.75) is 0 Å². The van der Waals surface area contributed by atoms with Crippen LogP contribution in [-0.2, 0) is 14.4 Å². The van der Waals surface area contributed by atoms with E-state index in [9.17, 15) is 14.4 Å². The van der Waals surface area contributed by atoms with Crippen molar-refractivity contribution in [3.8, 4) is 0 Å². The van der Waals surface area contributed by atoms with Gasteiger partial charge in [-0.1, -0.05) is 0 Å². The molecule has 0 aromatic rings. The normalized spacial score (nSPS) is 9.86. The third kappa shape index (κ3) is 5.91. The van der Waals surface area contributed by atoms with Gasteiger partial charge in [0, 0.05) is 0 Å². The van der Waals surface area contributed by atoms with E-state index in [1.807, 2.05) is 0 Å². The fourth-order valence-corrected chi connectivity index (χ4v) is 0.789. The molecule has 4 N–H and O–H groups in total. The van der Waals surface area contributed by atoms with Gasteiger partial charge in [-0.3, -0.25) is 24.5 Å². The molecule has 0 saturated carbocycles. The number of carbonyl (C=O) groups is 3. The zero-order chi connectivity index (χ0) is 11.1. The third-order valence-electron chi connectivity index (χ3n) is 1.21. The van der Waals surface area contributed by atoms with Crippen molar-refractivity contribution in [2.24, 2.45) is 0 Å².